The lowest BCUT2D eigenvalue weighted by atomic mass is 10.0. The third-order valence-electron chi connectivity index (χ3n) is 3.96. The monoisotopic (exact) mass is 308 g/mol. The van der Waals surface area contributed by atoms with Gasteiger partial charge in [-0.3, -0.25) is 4.90 Å². The molecule has 1 saturated heterocycles. The number of aliphatic hydroxyl groups is 1. The van der Waals surface area contributed by atoms with Crippen molar-refractivity contribution in [3.63, 3.8) is 0 Å². The van der Waals surface area contributed by atoms with Gasteiger partial charge in [-0.1, -0.05) is 30.3 Å². The molecule has 122 valence electrons. The summed E-state index contributed by atoms with van der Waals surface area (Å²) in [6.45, 7) is 2.82. The summed E-state index contributed by atoms with van der Waals surface area (Å²) in [6, 6.07) is 9.91. The van der Waals surface area contributed by atoms with E-state index in [-0.39, 0.29) is 12.6 Å². The highest BCUT2D eigenvalue weighted by atomic mass is 16.5. The van der Waals surface area contributed by atoms with Crippen molar-refractivity contribution in [3.05, 3.63) is 35.9 Å². The molecule has 6 nitrogen and oxygen atoms in total. The van der Waals surface area contributed by atoms with E-state index in [2.05, 4.69) is 17.0 Å². The van der Waals surface area contributed by atoms with Crippen molar-refractivity contribution >= 4 is 6.09 Å². The number of carboxylic acid groups (broad SMARTS) is 1. The Labute approximate surface area is 130 Å². The number of benzene rings is 1. The van der Waals surface area contributed by atoms with Gasteiger partial charge in [0, 0.05) is 33.3 Å². The number of aliphatic hydroxyl groups excluding tert-OH is 1. The maximum atomic E-state index is 11.4. The van der Waals surface area contributed by atoms with E-state index in [1.54, 1.807) is 0 Å². The molecule has 0 bridgehead atoms. The van der Waals surface area contributed by atoms with Gasteiger partial charge < -0.3 is 19.8 Å². The minimum Gasteiger partial charge on any atom is -0.465 e. The average Bonchev–Trinajstić information content (AvgIpc) is 2.48. The van der Waals surface area contributed by atoms with Gasteiger partial charge in [-0.05, 0) is 12.0 Å². The predicted octanol–water partition coefficient (Wildman–Crippen LogP) is 1.25. The SMILES string of the molecule is COC[C@@H](O)CC1CN(Cc2ccccc2)CCN1C(=O)O. The van der Waals surface area contributed by atoms with Crippen molar-refractivity contribution in [3.8, 4) is 0 Å². The zero-order valence-electron chi connectivity index (χ0n) is 12.9. The van der Waals surface area contributed by atoms with Crippen molar-refractivity contribution in [2.24, 2.45) is 0 Å². The molecule has 6 heteroatoms. The first-order chi connectivity index (χ1) is 10.6. The second-order valence-corrected chi connectivity index (χ2v) is 5.70. The number of hydrogen-bond donors (Lipinski definition) is 2. The third-order valence-corrected chi connectivity index (χ3v) is 3.96. The zero-order valence-corrected chi connectivity index (χ0v) is 12.9. The minimum absolute atomic E-state index is 0.208. The molecule has 1 aromatic carbocycles. The fraction of sp³-hybridized carbons (Fsp3) is 0.562. The lowest BCUT2D eigenvalue weighted by Gasteiger charge is -2.40. The van der Waals surface area contributed by atoms with Gasteiger partial charge >= 0.3 is 6.09 Å². The van der Waals surface area contributed by atoms with Crippen LogP contribution in [0.2, 0.25) is 0 Å². The van der Waals surface area contributed by atoms with Crippen LogP contribution in [0, 0.1) is 0 Å². The molecule has 0 spiro atoms. The Balaban J connectivity index is 1.97. The molecule has 1 amide bonds. The molecule has 1 aliphatic heterocycles. The molecular formula is C16H24N2O4. The van der Waals surface area contributed by atoms with E-state index in [0.29, 0.717) is 26.1 Å². The van der Waals surface area contributed by atoms with Gasteiger partial charge in [-0.15, -0.1) is 0 Å². The van der Waals surface area contributed by atoms with Crippen LogP contribution in [-0.2, 0) is 11.3 Å². The Morgan fingerprint density at radius 2 is 2.09 bits per heavy atom. The van der Waals surface area contributed by atoms with Gasteiger partial charge in [-0.2, -0.15) is 0 Å². The zero-order chi connectivity index (χ0) is 15.9. The van der Waals surface area contributed by atoms with E-state index in [0.717, 1.165) is 6.54 Å². The van der Waals surface area contributed by atoms with Crippen molar-refractivity contribution in [2.45, 2.75) is 25.1 Å². The molecule has 0 aromatic heterocycles. The standard InChI is InChI=1S/C16H24N2O4/c1-22-12-15(19)9-14-11-17(7-8-18(14)16(20)21)10-13-5-3-2-4-6-13/h2-6,14-15,19H,7-12H2,1H3,(H,20,21)/t14?,15-/m0/s1. The van der Waals surface area contributed by atoms with Gasteiger partial charge in [0.1, 0.15) is 0 Å². The van der Waals surface area contributed by atoms with Crippen molar-refractivity contribution < 1.29 is 19.7 Å². The van der Waals surface area contributed by atoms with Crippen LogP contribution in [0.3, 0.4) is 0 Å². The van der Waals surface area contributed by atoms with Crippen LogP contribution in [-0.4, -0.2) is 71.6 Å². The molecular weight excluding hydrogens is 284 g/mol. The number of hydrogen-bond acceptors (Lipinski definition) is 4. The van der Waals surface area contributed by atoms with E-state index in [9.17, 15) is 15.0 Å². The van der Waals surface area contributed by atoms with Crippen LogP contribution in [0.5, 0.6) is 0 Å². The fourth-order valence-corrected chi connectivity index (χ4v) is 2.93. The molecule has 0 radical (unpaired) electrons. The van der Waals surface area contributed by atoms with Crippen molar-refractivity contribution in [2.75, 3.05) is 33.4 Å². The van der Waals surface area contributed by atoms with E-state index in [1.165, 1.54) is 17.6 Å². The van der Waals surface area contributed by atoms with Crippen LogP contribution in [0.15, 0.2) is 30.3 Å². The number of amides is 1. The smallest absolute Gasteiger partial charge is 0.407 e. The van der Waals surface area contributed by atoms with Gasteiger partial charge in [-0.25, -0.2) is 4.79 Å². The molecule has 1 unspecified atom stereocenters. The van der Waals surface area contributed by atoms with E-state index in [1.807, 2.05) is 18.2 Å². The number of rotatable bonds is 6. The number of nitrogens with zero attached hydrogens (tertiary/aromatic N) is 2. The van der Waals surface area contributed by atoms with E-state index >= 15 is 0 Å². The molecule has 0 saturated carbocycles. The molecule has 2 atom stereocenters. The summed E-state index contributed by atoms with van der Waals surface area (Å²) in [7, 11) is 1.53. The third kappa shape index (κ3) is 4.69. The summed E-state index contributed by atoms with van der Waals surface area (Å²) in [5, 5.41) is 19.2. The molecule has 1 aromatic rings. The number of methoxy groups -OCH3 is 1. The van der Waals surface area contributed by atoms with E-state index < -0.39 is 12.2 Å². The normalized spacial score (nSPS) is 20.8. The van der Waals surface area contributed by atoms with Crippen LogP contribution < -0.4 is 0 Å². The second-order valence-electron chi connectivity index (χ2n) is 5.70. The first-order valence-corrected chi connectivity index (χ1v) is 7.53. The quantitative estimate of drug-likeness (QED) is 0.827. The summed E-state index contributed by atoms with van der Waals surface area (Å²) in [5.41, 5.74) is 1.21. The van der Waals surface area contributed by atoms with E-state index in [4.69, 9.17) is 4.74 Å². The van der Waals surface area contributed by atoms with Crippen LogP contribution in [0.25, 0.3) is 0 Å². The molecule has 2 N–H and O–H groups in total. The Bertz CT molecular complexity index is 468. The highest BCUT2D eigenvalue weighted by molar-refractivity contribution is 5.65. The highest BCUT2D eigenvalue weighted by Gasteiger charge is 2.31. The van der Waals surface area contributed by atoms with Gasteiger partial charge in [0.05, 0.1) is 18.8 Å². The highest BCUT2D eigenvalue weighted by Crippen LogP contribution is 2.17. The maximum Gasteiger partial charge on any atom is 0.407 e. The maximum absolute atomic E-state index is 11.4. The average molecular weight is 308 g/mol. The molecule has 2 rings (SSSR count). The molecule has 22 heavy (non-hydrogen) atoms. The Hall–Kier alpha value is -1.63. The summed E-state index contributed by atoms with van der Waals surface area (Å²) < 4.78 is 4.93. The molecule has 1 heterocycles. The second kappa shape index (κ2) is 8.12. The van der Waals surface area contributed by atoms with Gasteiger partial charge in [0.15, 0.2) is 0 Å². The topological polar surface area (TPSA) is 73.2 Å². The predicted molar refractivity (Wildman–Crippen MR) is 82.7 cm³/mol. The summed E-state index contributed by atoms with van der Waals surface area (Å²) in [5.74, 6) is 0. The summed E-state index contributed by atoms with van der Waals surface area (Å²) in [6.07, 6.45) is -1.17. The molecule has 1 aliphatic rings. The summed E-state index contributed by atoms with van der Waals surface area (Å²) in [4.78, 5) is 15.0. The van der Waals surface area contributed by atoms with Crippen LogP contribution >= 0.6 is 0 Å². The lowest BCUT2D eigenvalue weighted by Crippen LogP contribution is -2.55. The van der Waals surface area contributed by atoms with Crippen molar-refractivity contribution in [1.29, 1.82) is 0 Å². The van der Waals surface area contributed by atoms with Crippen molar-refractivity contribution in [1.82, 2.24) is 9.80 Å². The fourth-order valence-electron chi connectivity index (χ4n) is 2.93. The lowest BCUT2D eigenvalue weighted by molar-refractivity contribution is 0.0116. The van der Waals surface area contributed by atoms with Gasteiger partial charge in [0.25, 0.3) is 0 Å². The Morgan fingerprint density at radius 3 is 2.73 bits per heavy atom. The largest absolute Gasteiger partial charge is 0.465 e. The molecule has 1 fully saturated rings. The summed E-state index contributed by atoms with van der Waals surface area (Å²) >= 11 is 0. The minimum atomic E-state index is -0.922. The molecule has 0 aliphatic carbocycles. The first-order valence-electron chi connectivity index (χ1n) is 7.53. The van der Waals surface area contributed by atoms with Gasteiger partial charge in [0.2, 0.25) is 0 Å². The Morgan fingerprint density at radius 1 is 1.36 bits per heavy atom. The van der Waals surface area contributed by atoms with Crippen LogP contribution in [0.4, 0.5) is 4.79 Å². The number of carbonyl (C=O) groups is 1. The number of ether oxygens (including phenoxy) is 1. The van der Waals surface area contributed by atoms with Crippen LogP contribution in [0.1, 0.15) is 12.0 Å². The number of piperazine rings is 1. The Kier molecular flexibility index (Phi) is 6.18. The first kappa shape index (κ1) is 16.7.